The highest BCUT2D eigenvalue weighted by Gasteiger charge is 2.23. The Morgan fingerprint density at radius 1 is 1.39 bits per heavy atom. The lowest BCUT2D eigenvalue weighted by molar-refractivity contribution is 0.415. The van der Waals surface area contributed by atoms with Gasteiger partial charge in [-0.25, -0.2) is 0 Å². The number of aliphatic imine (C=N–C) groups is 1. The van der Waals surface area contributed by atoms with Crippen LogP contribution in [-0.2, 0) is 0 Å². The molecule has 5 heteroatoms. The summed E-state index contributed by atoms with van der Waals surface area (Å²) in [5, 5.41) is 6.85. The highest BCUT2D eigenvalue weighted by Crippen LogP contribution is 2.26. The lowest BCUT2D eigenvalue weighted by atomic mass is 10.1. The van der Waals surface area contributed by atoms with E-state index in [-0.39, 0.29) is 5.54 Å². The van der Waals surface area contributed by atoms with Crippen molar-refractivity contribution in [3.8, 4) is 5.75 Å². The molecule has 1 aromatic rings. The minimum Gasteiger partial charge on any atom is -0.497 e. The van der Waals surface area contributed by atoms with Crippen molar-refractivity contribution < 1.29 is 4.74 Å². The van der Waals surface area contributed by atoms with Crippen LogP contribution >= 0.6 is 0 Å². The number of methoxy groups -OCH3 is 1. The van der Waals surface area contributed by atoms with E-state index in [1.807, 2.05) is 13.1 Å². The number of ether oxygens (including phenoxy) is 1. The first-order valence-corrected chi connectivity index (χ1v) is 8.29. The predicted octanol–water partition coefficient (Wildman–Crippen LogP) is 2.49. The molecule has 0 radical (unpaired) electrons. The van der Waals surface area contributed by atoms with Gasteiger partial charge in [0.1, 0.15) is 5.75 Å². The van der Waals surface area contributed by atoms with Crippen LogP contribution in [0.15, 0.2) is 29.3 Å². The monoisotopic (exact) mass is 318 g/mol. The van der Waals surface area contributed by atoms with Crippen LogP contribution in [0.4, 0.5) is 5.69 Å². The maximum absolute atomic E-state index is 5.32. The van der Waals surface area contributed by atoms with Crippen LogP contribution < -0.4 is 20.3 Å². The largest absolute Gasteiger partial charge is 0.497 e. The maximum Gasteiger partial charge on any atom is 0.191 e. The van der Waals surface area contributed by atoms with Crippen LogP contribution in [-0.4, -0.2) is 45.3 Å². The average molecular weight is 318 g/mol. The fourth-order valence-corrected chi connectivity index (χ4v) is 2.82. The van der Waals surface area contributed by atoms with Crippen molar-refractivity contribution in [3.63, 3.8) is 0 Å². The Morgan fingerprint density at radius 2 is 2.17 bits per heavy atom. The van der Waals surface area contributed by atoms with E-state index in [9.17, 15) is 0 Å². The van der Waals surface area contributed by atoms with Crippen molar-refractivity contribution in [2.24, 2.45) is 10.9 Å². The van der Waals surface area contributed by atoms with Gasteiger partial charge in [0.2, 0.25) is 0 Å². The van der Waals surface area contributed by atoms with Crippen molar-refractivity contribution in [2.75, 3.05) is 38.7 Å². The molecule has 1 atom stereocenters. The number of nitrogens with one attached hydrogen (secondary N) is 2. The molecule has 0 spiro atoms. The average Bonchev–Trinajstić information content (AvgIpc) is 2.99. The third-order valence-corrected chi connectivity index (χ3v) is 3.98. The highest BCUT2D eigenvalue weighted by molar-refractivity contribution is 5.80. The number of rotatable bonds is 4. The molecule has 2 N–H and O–H groups in total. The summed E-state index contributed by atoms with van der Waals surface area (Å²) in [6.45, 7) is 9.51. The number of benzene rings is 1. The Morgan fingerprint density at radius 3 is 2.83 bits per heavy atom. The second-order valence-corrected chi connectivity index (χ2v) is 7.13. The van der Waals surface area contributed by atoms with Crippen LogP contribution in [0, 0.1) is 5.92 Å². The molecule has 1 heterocycles. The van der Waals surface area contributed by atoms with Crippen LogP contribution in [0.3, 0.4) is 0 Å². The van der Waals surface area contributed by atoms with Crippen LogP contribution in [0.25, 0.3) is 0 Å². The number of hydrogen-bond donors (Lipinski definition) is 2. The van der Waals surface area contributed by atoms with E-state index in [0.29, 0.717) is 5.92 Å². The molecule has 1 unspecified atom stereocenters. The molecule has 0 amide bonds. The molecule has 2 rings (SSSR count). The zero-order valence-corrected chi connectivity index (χ0v) is 15.0. The zero-order valence-electron chi connectivity index (χ0n) is 15.0. The molecule has 1 saturated heterocycles. The summed E-state index contributed by atoms with van der Waals surface area (Å²) in [6, 6.07) is 8.30. The third kappa shape index (κ3) is 5.34. The van der Waals surface area contributed by atoms with Crippen molar-refractivity contribution in [1.82, 2.24) is 10.6 Å². The van der Waals surface area contributed by atoms with Gasteiger partial charge in [-0.2, -0.15) is 0 Å². The van der Waals surface area contributed by atoms with E-state index in [1.54, 1.807) is 7.11 Å². The van der Waals surface area contributed by atoms with Crippen molar-refractivity contribution in [2.45, 2.75) is 32.7 Å². The molecule has 1 aliphatic rings. The number of nitrogens with zero attached hydrogens (tertiary/aromatic N) is 2. The van der Waals surface area contributed by atoms with Crippen molar-refractivity contribution in [1.29, 1.82) is 0 Å². The summed E-state index contributed by atoms with van der Waals surface area (Å²) in [7, 11) is 3.53. The highest BCUT2D eigenvalue weighted by atomic mass is 16.5. The minimum atomic E-state index is 0.0180. The standard InChI is InChI=1S/C18H30N4O/c1-18(2,3)21-17(19-4)20-12-14-9-10-22(13-14)15-7-6-8-16(11-15)23-5/h6-8,11,14H,9-10,12-13H2,1-5H3,(H2,19,20,21). The normalized spacial score (nSPS) is 18.9. The molecule has 0 bridgehead atoms. The van der Waals surface area contributed by atoms with Gasteiger partial charge >= 0.3 is 0 Å². The molecule has 1 aromatic carbocycles. The zero-order chi connectivity index (χ0) is 16.9. The second-order valence-electron chi connectivity index (χ2n) is 7.13. The van der Waals surface area contributed by atoms with E-state index >= 15 is 0 Å². The van der Waals surface area contributed by atoms with Gasteiger partial charge in [-0.15, -0.1) is 0 Å². The molecule has 0 saturated carbocycles. The van der Waals surface area contributed by atoms with Gasteiger partial charge in [-0.1, -0.05) is 6.07 Å². The Bertz CT molecular complexity index is 536. The fourth-order valence-electron chi connectivity index (χ4n) is 2.82. The fraction of sp³-hybridized carbons (Fsp3) is 0.611. The predicted molar refractivity (Wildman–Crippen MR) is 97.6 cm³/mol. The number of guanidine groups is 1. The summed E-state index contributed by atoms with van der Waals surface area (Å²) in [5.74, 6) is 2.41. The van der Waals surface area contributed by atoms with Gasteiger partial charge in [-0.05, 0) is 45.2 Å². The van der Waals surface area contributed by atoms with Crippen LogP contribution in [0.2, 0.25) is 0 Å². The molecule has 23 heavy (non-hydrogen) atoms. The summed E-state index contributed by atoms with van der Waals surface area (Å²) in [4.78, 5) is 6.72. The van der Waals surface area contributed by atoms with E-state index in [1.165, 1.54) is 12.1 Å². The van der Waals surface area contributed by atoms with Gasteiger partial charge in [0.05, 0.1) is 7.11 Å². The topological polar surface area (TPSA) is 48.9 Å². The SMILES string of the molecule is CN=C(NCC1CCN(c2cccc(OC)c2)C1)NC(C)(C)C. The number of hydrogen-bond acceptors (Lipinski definition) is 3. The lowest BCUT2D eigenvalue weighted by Gasteiger charge is -2.25. The molecule has 0 aromatic heterocycles. The summed E-state index contributed by atoms with van der Waals surface area (Å²) >= 11 is 0. The van der Waals surface area contributed by atoms with Crippen LogP contribution in [0.1, 0.15) is 27.2 Å². The summed E-state index contributed by atoms with van der Waals surface area (Å²) in [5.41, 5.74) is 1.26. The minimum absolute atomic E-state index is 0.0180. The summed E-state index contributed by atoms with van der Waals surface area (Å²) < 4.78 is 5.32. The molecule has 128 valence electrons. The maximum atomic E-state index is 5.32. The Kier molecular flexibility index (Phi) is 5.74. The van der Waals surface area contributed by atoms with Crippen molar-refractivity contribution in [3.05, 3.63) is 24.3 Å². The third-order valence-electron chi connectivity index (χ3n) is 3.98. The van der Waals surface area contributed by atoms with Gasteiger partial charge < -0.3 is 20.3 Å². The van der Waals surface area contributed by atoms with E-state index in [4.69, 9.17) is 4.74 Å². The van der Waals surface area contributed by atoms with E-state index < -0.39 is 0 Å². The van der Waals surface area contributed by atoms with E-state index in [0.717, 1.165) is 31.3 Å². The van der Waals surface area contributed by atoms with Gasteiger partial charge in [0.25, 0.3) is 0 Å². The van der Waals surface area contributed by atoms with E-state index in [2.05, 4.69) is 59.5 Å². The second kappa shape index (κ2) is 7.57. The first-order valence-electron chi connectivity index (χ1n) is 8.29. The van der Waals surface area contributed by atoms with Crippen LogP contribution in [0.5, 0.6) is 5.75 Å². The molecule has 5 nitrogen and oxygen atoms in total. The molecular formula is C18H30N4O. The smallest absolute Gasteiger partial charge is 0.191 e. The molecule has 0 aliphatic carbocycles. The molecule has 1 fully saturated rings. The first-order chi connectivity index (χ1) is 10.9. The quantitative estimate of drug-likeness (QED) is 0.661. The molecule has 1 aliphatic heterocycles. The number of anilines is 1. The van der Waals surface area contributed by atoms with Gasteiger partial charge in [-0.3, -0.25) is 4.99 Å². The Balaban J connectivity index is 1.85. The lowest BCUT2D eigenvalue weighted by Crippen LogP contribution is -2.48. The Labute approximate surface area is 140 Å². The summed E-state index contributed by atoms with van der Waals surface area (Å²) in [6.07, 6.45) is 1.19. The van der Waals surface area contributed by atoms with Gasteiger partial charge in [0, 0.05) is 44.0 Å². The first kappa shape index (κ1) is 17.4. The Hall–Kier alpha value is -1.91. The van der Waals surface area contributed by atoms with Gasteiger partial charge in [0.15, 0.2) is 5.96 Å². The van der Waals surface area contributed by atoms with Crippen molar-refractivity contribution >= 4 is 11.6 Å². The molecular weight excluding hydrogens is 288 g/mol.